The molecule has 0 fully saturated rings. The second-order valence-corrected chi connectivity index (χ2v) is 9.19. The molecule has 0 saturated heterocycles. The third-order valence-electron chi connectivity index (χ3n) is 5.17. The van der Waals surface area contributed by atoms with Crippen LogP contribution in [0, 0.1) is 6.92 Å². The molecular formula is C25H22BrNO3S. The molecule has 0 unspecified atom stereocenters. The quantitative estimate of drug-likeness (QED) is 0.294. The van der Waals surface area contributed by atoms with Crippen molar-refractivity contribution in [2.75, 3.05) is 7.11 Å². The van der Waals surface area contributed by atoms with E-state index in [1.165, 1.54) is 0 Å². The van der Waals surface area contributed by atoms with Crippen LogP contribution in [-0.2, 0) is 11.3 Å². The predicted molar refractivity (Wildman–Crippen MR) is 130 cm³/mol. The van der Waals surface area contributed by atoms with Gasteiger partial charge < -0.3 is 14.5 Å². The number of methoxy groups -OCH3 is 1. The van der Waals surface area contributed by atoms with Crippen LogP contribution < -0.4 is 10.1 Å². The maximum absolute atomic E-state index is 12.5. The van der Waals surface area contributed by atoms with Crippen LogP contribution in [0.25, 0.3) is 27.7 Å². The number of furan rings is 1. The molecule has 1 amide bonds. The van der Waals surface area contributed by atoms with Gasteiger partial charge in [0.2, 0.25) is 5.91 Å². The Morgan fingerprint density at radius 3 is 2.81 bits per heavy atom. The van der Waals surface area contributed by atoms with Crippen LogP contribution in [0.3, 0.4) is 0 Å². The first-order valence-corrected chi connectivity index (χ1v) is 11.5. The van der Waals surface area contributed by atoms with E-state index in [4.69, 9.17) is 9.15 Å². The van der Waals surface area contributed by atoms with Crippen molar-refractivity contribution in [1.29, 1.82) is 0 Å². The highest BCUT2D eigenvalue weighted by atomic mass is 79.9. The average Bonchev–Trinajstić information content (AvgIpc) is 3.42. The number of nitrogens with one attached hydrogen (secondary N) is 1. The van der Waals surface area contributed by atoms with Crippen molar-refractivity contribution in [2.45, 2.75) is 20.4 Å². The molecule has 0 bridgehead atoms. The molecule has 4 aromatic rings. The van der Waals surface area contributed by atoms with Gasteiger partial charge in [-0.05, 0) is 54.6 Å². The highest BCUT2D eigenvalue weighted by Gasteiger charge is 2.19. The van der Waals surface area contributed by atoms with Gasteiger partial charge in [-0.25, -0.2) is 0 Å². The highest BCUT2D eigenvalue weighted by molar-refractivity contribution is 9.10. The molecule has 31 heavy (non-hydrogen) atoms. The van der Waals surface area contributed by atoms with Crippen LogP contribution in [-0.4, -0.2) is 13.0 Å². The van der Waals surface area contributed by atoms with Crippen molar-refractivity contribution in [1.82, 2.24) is 5.32 Å². The zero-order chi connectivity index (χ0) is 22.0. The van der Waals surface area contributed by atoms with Gasteiger partial charge in [0.15, 0.2) is 0 Å². The number of carbonyl (C=O) groups is 1. The van der Waals surface area contributed by atoms with E-state index >= 15 is 0 Å². The molecule has 4 nitrogen and oxygen atoms in total. The summed E-state index contributed by atoms with van der Waals surface area (Å²) in [6.07, 6.45) is 3.39. The number of ether oxygens (including phenoxy) is 1. The monoisotopic (exact) mass is 495 g/mol. The Bertz CT molecular complexity index is 1270. The highest BCUT2D eigenvalue weighted by Crippen LogP contribution is 2.40. The Kier molecular flexibility index (Phi) is 6.30. The number of amides is 1. The molecule has 6 heteroatoms. The first-order valence-electron chi connectivity index (χ1n) is 9.81. The van der Waals surface area contributed by atoms with E-state index in [0.29, 0.717) is 12.3 Å². The predicted octanol–water partition coefficient (Wildman–Crippen LogP) is 6.96. The topological polar surface area (TPSA) is 51.5 Å². The fraction of sp³-hybridized carbons (Fsp3) is 0.160. The smallest absolute Gasteiger partial charge is 0.244 e. The van der Waals surface area contributed by atoms with E-state index < -0.39 is 0 Å². The molecule has 0 spiro atoms. The minimum Gasteiger partial charge on any atom is -0.496 e. The summed E-state index contributed by atoms with van der Waals surface area (Å²) in [6, 6.07) is 14.1. The largest absolute Gasteiger partial charge is 0.496 e. The van der Waals surface area contributed by atoms with E-state index in [0.717, 1.165) is 48.1 Å². The summed E-state index contributed by atoms with van der Waals surface area (Å²) in [5.74, 6) is 0.576. The summed E-state index contributed by atoms with van der Waals surface area (Å²) in [7, 11) is 1.64. The third-order valence-corrected chi connectivity index (χ3v) is 6.54. The van der Waals surface area contributed by atoms with Crippen LogP contribution in [0.4, 0.5) is 0 Å². The summed E-state index contributed by atoms with van der Waals surface area (Å²) in [5.41, 5.74) is 5.44. The molecule has 4 rings (SSSR count). The van der Waals surface area contributed by atoms with Gasteiger partial charge in [-0.2, -0.15) is 0 Å². The average molecular weight is 496 g/mol. The zero-order valence-electron chi connectivity index (χ0n) is 17.5. The van der Waals surface area contributed by atoms with Crippen LogP contribution in [0.1, 0.15) is 22.9 Å². The summed E-state index contributed by atoms with van der Waals surface area (Å²) in [5, 5.41) is 5.93. The van der Waals surface area contributed by atoms with Gasteiger partial charge in [-0.3, -0.25) is 4.79 Å². The molecule has 0 aliphatic carbocycles. The van der Waals surface area contributed by atoms with Crippen molar-refractivity contribution in [2.24, 2.45) is 0 Å². The van der Waals surface area contributed by atoms with E-state index in [1.54, 1.807) is 30.8 Å². The Morgan fingerprint density at radius 1 is 1.26 bits per heavy atom. The minimum atomic E-state index is -0.134. The molecule has 0 saturated carbocycles. The molecule has 0 aliphatic heterocycles. The Balaban J connectivity index is 1.73. The molecular weight excluding hydrogens is 474 g/mol. The number of rotatable bonds is 6. The number of hydrogen-bond donors (Lipinski definition) is 1. The van der Waals surface area contributed by atoms with E-state index in [9.17, 15) is 4.79 Å². The Morgan fingerprint density at radius 2 is 2.10 bits per heavy atom. The van der Waals surface area contributed by atoms with E-state index in [1.807, 2.05) is 49.6 Å². The van der Waals surface area contributed by atoms with Crippen molar-refractivity contribution < 1.29 is 13.9 Å². The van der Waals surface area contributed by atoms with E-state index in [-0.39, 0.29) is 5.91 Å². The number of hydrogen-bond acceptors (Lipinski definition) is 4. The minimum absolute atomic E-state index is 0.134. The van der Waals surface area contributed by atoms with Crippen LogP contribution in [0.15, 0.2) is 69.1 Å². The molecule has 0 radical (unpaired) electrons. The zero-order valence-corrected chi connectivity index (χ0v) is 19.9. The number of fused-ring (bicyclic) bond motifs is 1. The van der Waals surface area contributed by atoms with Gasteiger partial charge in [0.25, 0.3) is 0 Å². The number of allylic oxidation sites excluding steroid dienone is 1. The van der Waals surface area contributed by atoms with Gasteiger partial charge in [-0.15, -0.1) is 11.3 Å². The third kappa shape index (κ3) is 4.45. The molecule has 1 N–H and O–H groups in total. The van der Waals surface area contributed by atoms with Gasteiger partial charge in [0, 0.05) is 37.5 Å². The summed E-state index contributed by atoms with van der Waals surface area (Å²) in [6.45, 7) is 4.42. The van der Waals surface area contributed by atoms with Crippen LogP contribution >= 0.6 is 27.3 Å². The fourth-order valence-corrected chi connectivity index (χ4v) is 4.71. The van der Waals surface area contributed by atoms with Crippen LogP contribution in [0.2, 0.25) is 0 Å². The standard InChI is InChI=1S/C25H22BrNO3S/c1-15(10-23(28)27-13-19-8-5-9-31-19)20-12-21-22(17-6-4-7-18(26)11-17)14-30-25(21)16(2)24(20)29-3/h4-12,14H,13H2,1-3H3,(H,27,28)/b15-10+. The molecule has 0 aliphatic rings. The lowest BCUT2D eigenvalue weighted by molar-refractivity contribution is -0.116. The molecule has 2 aromatic heterocycles. The second-order valence-electron chi connectivity index (χ2n) is 7.24. The number of halogens is 1. The molecule has 158 valence electrons. The van der Waals surface area contributed by atoms with Crippen molar-refractivity contribution in [3.05, 3.63) is 80.7 Å². The summed E-state index contributed by atoms with van der Waals surface area (Å²) in [4.78, 5) is 13.6. The number of benzene rings is 2. The maximum atomic E-state index is 12.5. The van der Waals surface area contributed by atoms with E-state index in [2.05, 4.69) is 33.4 Å². The normalized spacial score (nSPS) is 11.7. The van der Waals surface area contributed by atoms with Gasteiger partial charge >= 0.3 is 0 Å². The Labute approximate surface area is 193 Å². The lowest BCUT2D eigenvalue weighted by Crippen LogP contribution is -2.20. The summed E-state index contributed by atoms with van der Waals surface area (Å²) >= 11 is 5.16. The van der Waals surface area contributed by atoms with Gasteiger partial charge in [-0.1, -0.05) is 34.1 Å². The van der Waals surface area contributed by atoms with Gasteiger partial charge in [0.05, 0.1) is 19.9 Å². The number of thiophene rings is 1. The van der Waals surface area contributed by atoms with Crippen molar-refractivity contribution in [3.63, 3.8) is 0 Å². The molecule has 2 aromatic carbocycles. The SMILES string of the molecule is COc1c(/C(C)=C/C(=O)NCc2cccs2)cc2c(-c3cccc(Br)c3)coc2c1C. The van der Waals surface area contributed by atoms with Crippen molar-refractivity contribution >= 4 is 49.7 Å². The first-order chi connectivity index (χ1) is 15.0. The second kappa shape index (κ2) is 9.12. The number of aryl methyl sites for hydroxylation is 1. The Hall–Kier alpha value is -2.83. The molecule has 2 heterocycles. The fourth-order valence-electron chi connectivity index (χ4n) is 3.66. The number of carbonyl (C=O) groups excluding carboxylic acids is 1. The lowest BCUT2D eigenvalue weighted by Gasteiger charge is -2.13. The summed E-state index contributed by atoms with van der Waals surface area (Å²) < 4.78 is 12.6. The molecule has 0 atom stereocenters. The van der Waals surface area contributed by atoms with Crippen LogP contribution in [0.5, 0.6) is 5.75 Å². The van der Waals surface area contributed by atoms with Gasteiger partial charge in [0.1, 0.15) is 11.3 Å². The maximum Gasteiger partial charge on any atom is 0.244 e. The first kappa shape index (κ1) is 21.4. The van der Waals surface area contributed by atoms with Crippen molar-refractivity contribution in [3.8, 4) is 16.9 Å². The lowest BCUT2D eigenvalue weighted by atomic mass is 9.96.